The first-order valence-corrected chi connectivity index (χ1v) is 14.4. The summed E-state index contributed by atoms with van der Waals surface area (Å²) in [6.07, 6.45) is 0. The monoisotopic (exact) mass is 388 g/mol. The molecule has 3 aromatic rings. The van der Waals surface area contributed by atoms with E-state index in [-0.39, 0.29) is 5.41 Å². The Hall–Kier alpha value is -1.80. The van der Waals surface area contributed by atoms with Crippen molar-refractivity contribution in [2.45, 2.75) is 38.9 Å². The van der Waals surface area contributed by atoms with Crippen LogP contribution in [-0.4, -0.2) is 13.3 Å². The van der Waals surface area contributed by atoms with Crippen molar-refractivity contribution in [2.75, 3.05) is 0 Å². The second kappa shape index (κ2) is 5.60. The van der Waals surface area contributed by atoms with Crippen molar-refractivity contribution in [2.24, 2.45) is 0 Å². The summed E-state index contributed by atoms with van der Waals surface area (Å²) in [5.41, 5.74) is 6.12. The number of fused-ring (bicyclic) bond motifs is 3. The molecule has 3 aromatic carbocycles. The number of hydrogen-bond acceptors (Lipinski definition) is 0. The minimum absolute atomic E-state index is 0.152. The Balaban J connectivity index is 2.17. The van der Waals surface area contributed by atoms with Crippen molar-refractivity contribution in [1.29, 1.82) is 0 Å². The van der Waals surface area contributed by atoms with E-state index >= 15 is 0 Å². The van der Waals surface area contributed by atoms with Gasteiger partial charge in [-0.1, -0.05) is 0 Å². The van der Waals surface area contributed by atoms with Gasteiger partial charge >= 0.3 is 154 Å². The van der Waals surface area contributed by atoms with E-state index in [1.165, 1.54) is 16.7 Å². The quantitative estimate of drug-likeness (QED) is 0.544. The van der Waals surface area contributed by atoms with Crippen LogP contribution in [0, 0.1) is 6.92 Å². The van der Waals surface area contributed by atoms with Gasteiger partial charge in [-0.3, -0.25) is 0 Å². The first-order chi connectivity index (χ1) is 11.8. The third-order valence-electron chi connectivity index (χ3n) is 5.77. The molecule has 0 aromatic heterocycles. The first-order valence-electron chi connectivity index (χ1n) is 9.15. The molecule has 0 bridgehead atoms. The summed E-state index contributed by atoms with van der Waals surface area (Å²) < 4.78 is 4.85. The molecule has 0 spiro atoms. The molecule has 25 heavy (non-hydrogen) atoms. The average molecular weight is 387 g/mol. The van der Waals surface area contributed by atoms with Gasteiger partial charge in [0.25, 0.3) is 0 Å². The molecule has 0 saturated carbocycles. The van der Waals surface area contributed by atoms with Crippen molar-refractivity contribution in [3.8, 4) is 11.1 Å². The zero-order chi connectivity index (χ0) is 17.8. The maximum atomic E-state index is 2.59. The molecule has 4 rings (SSSR count). The van der Waals surface area contributed by atoms with Crippen LogP contribution in [0.15, 0.2) is 66.7 Å². The van der Waals surface area contributed by atoms with Crippen LogP contribution in [0.2, 0.25) is 5.76 Å². The summed E-state index contributed by atoms with van der Waals surface area (Å²) in [6, 6.07) is 25.1. The summed E-state index contributed by atoms with van der Waals surface area (Å²) in [6.45, 7) is 9.39. The summed E-state index contributed by atoms with van der Waals surface area (Å²) in [5, 5.41) is 0. The molecule has 126 valence electrons. The summed E-state index contributed by atoms with van der Waals surface area (Å²) in [4.78, 5) is 0. The Kier molecular flexibility index (Phi) is 3.73. The predicted octanol–water partition coefficient (Wildman–Crippen LogP) is 4.37. The van der Waals surface area contributed by atoms with Crippen LogP contribution in [-0.2, 0) is 5.41 Å². The number of hydrogen-bond donors (Lipinski definition) is 0. The van der Waals surface area contributed by atoms with E-state index in [0.717, 1.165) is 0 Å². The van der Waals surface area contributed by atoms with Crippen LogP contribution in [0.25, 0.3) is 11.1 Å². The van der Waals surface area contributed by atoms with Crippen molar-refractivity contribution < 1.29 is 0 Å². The van der Waals surface area contributed by atoms with Gasteiger partial charge in [0.1, 0.15) is 0 Å². The zero-order valence-electron chi connectivity index (χ0n) is 15.9. The Morgan fingerprint density at radius 2 is 1.36 bits per heavy atom. The maximum absolute atomic E-state index is 2.65. The molecule has 1 aliphatic rings. The second-order valence-corrected chi connectivity index (χ2v) is 16.6. The first kappa shape index (κ1) is 16.7. The van der Waals surface area contributed by atoms with Gasteiger partial charge in [0, 0.05) is 0 Å². The van der Waals surface area contributed by atoms with E-state index in [0.29, 0.717) is 0 Å². The molecule has 0 fully saturated rings. The van der Waals surface area contributed by atoms with Crippen LogP contribution in [0.1, 0.15) is 31.9 Å². The SMILES string of the molecule is Cc1ccc2[c](c1C(C)(C)C)[Ge]([CH3])([c]1ccccc1)[c]1ccccc1-2. The van der Waals surface area contributed by atoms with E-state index in [1.54, 1.807) is 18.8 Å². The van der Waals surface area contributed by atoms with Crippen LogP contribution < -0.4 is 13.2 Å². The molecule has 1 heterocycles. The molecular formula is C24H26Ge. The topological polar surface area (TPSA) is 0 Å². The summed E-state index contributed by atoms with van der Waals surface area (Å²) >= 11 is -2.65. The standard InChI is InChI=1S/C24H26Ge/c1-17-15-16-20-19-13-9-10-14-21(19)25(5,18-11-7-6-8-12-18)23(20)22(17)24(2,3)4/h6-16H,1-5H3. The van der Waals surface area contributed by atoms with Crippen LogP contribution >= 0.6 is 0 Å². The van der Waals surface area contributed by atoms with Gasteiger partial charge in [0.2, 0.25) is 0 Å². The molecule has 0 radical (unpaired) electrons. The summed E-state index contributed by atoms with van der Waals surface area (Å²) in [7, 11) is 0. The Bertz CT molecular complexity index is 948. The van der Waals surface area contributed by atoms with E-state index in [1.807, 2.05) is 0 Å². The predicted molar refractivity (Wildman–Crippen MR) is 112 cm³/mol. The van der Waals surface area contributed by atoms with E-state index in [4.69, 9.17) is 0 Å². The Labute approximate surface area is 154 Å². The zero-order valence-corrected chi connectivity index (χ0v) is 17.9. The average Bonchev–Trinajstić information content (AvgIpc) is 2.85. The third-order valence-corrected chi connectivity index (χ3v) is 15.3. The number of aryl methyl sites for hydroxylation is 1. The fourth-order valence-electron chi connectivity index (χ4n) is 4.78. The van der Waals surface area contributed by atoms with E-state index in [2.05, 4.69) is 100 Å². The Morgan fingerprint density at radius 3 is 2.04 bits per heavy atom. The summed E-state index contributed by atoms with van der Waals surface area (Å²) in [5.74, 6) is 2.59. The molecular weight excluding hydrogens is 361 g/mol. The van der Waals surface area contributed by atoms with Gasteiger partial charge in [-0.25, -0.2) is 0 Å². The third kappa shape index (κ3) is 2.34. The van der Waals surface area contributed by atoms with Gasteiger partial charge in [-0.15, -0.1) is 0 Å². The van der Waals surface area contributed by atoms with Gasteiger partial charge in [0.15, 0.2) is 0 Å². The van der Waals surface area contributed by atoms with Crippen LogP contribution in [0.5, 0.6) is 0 Å². The number of benzene rings is 3. The molecule has 1 heteroatoms. The van der Waals surface area contributed by atoms with E-state index < -0.39 is 13.3 Å². The van der Waals surface area contributed by atoms with Gasteiger partial charge in [-0.05, 0) is 0 Å². The fraction of sp³-hybridized carbons (Fsp3) is 0.250. The molecule has 0 aliphatic carbocycles. The van der Waals surface area contributed by atoms with E-state index in [9.17, 15) is 0 Å². The van der Waals surface area contributed by atoms with Gasteiger partial charge < -0.3 is 0 Å². The molecule has 1 unspecified atom stereocenters. The minimum atomic E-state index is -2.65. The normalized spacial score (nSPS) is 18.8. The fourth-order valence-corrected chi connectivity index (χ4v) is 14.7. The van der Waals surface area contributed by atoms with Crippen molar-refractivity contribution in [3.05, 3.63) is 77.9 Å². The Morgan fingerprint density at radius 1 is 0.720 bits per heavy atom. The second-order valence-electron chi connectivity index (χ2n) is 8.47. The molecule has 0 amide bonds. The van der Waals surface area contributed by atoms with Crippen molar-refractivity contribution >= 4 is 26.5 Å². The van der Waals surface area contributed by atoms with Crippen LogP contribution in [0.3, 0.4) is 0 Å². The van der Waals surface area contributed by atoms with Crippen molar-refractivity contribution in [3.63, 3.8) is 0 Å². The molecule has 0 nitrogen and oxygen atoms in total. The number of rotatable bonds is 1. The van der Waals surface area contributed by atoms with Gasteiger partial charge in [0.05, 0.1) is 0 Å². The molecule has 0 N–H and O–H groups in total. The van der Waals surface area contributed by atoms with Gasteiger partial charge in [-0.2, -0.15) is 0 Å². The molecule has 0 saturated heterocycles. The molecule has 1 aliphatic heterocycles. The van der Waals surface area contributed by atoms with Crippen molar-refractivity contribution in [1.82, 2.24) is 0 Å². The van der Waals surface area contributed by atoms with Crippen LogP contribution in [0.4, 0.5) is 0 Å². The molecule has 1 atom stereocenters.